The lowest BCUT2D eigenvalue weighted by Crippen LogP contribution is -2.19. The normalized spacial score (nSPS) is 18.0. The molecule has 2 nitrogen and oxygen atoms in total. The van der Waals surface area contributed by atoms with Crippen LogP contribution in [0, 0.1) is 0 Å². The Bertz CT molecular complexity index is 300. The Morgan fingerprint density at radius 1 is 1.36 bits per heavy atom. The number of ether oxygens (including phenoxy) is 1. The summed E-state index contributed by atoms with van der Waals surface area (Å²) in [4.78, 5) is 11.2. The molecule has 3 heteroatoms. The van der Waals surface area contributed by atoms with Gasteiger partial charge in [0, 0.05) is 11.4 Å². The monoisotopic (exact) mass is 210 g/mol. The molecule has 0 radical (unpaired) electrons. The summed E-state index contributed by atoms with van der Waals surface area (Å²) in [6, 6.07) is 1.83. The molecular formula is C11H14O2S. The molecule has 0 unspecified atom stereocenters. The summed E-state index contributed by atoms with van der Waals surface area (Å²) in [5, 5.41) is 1.92. The highest BCUT2D eigenvalue weighted by Crippen LogP contribution is 2.26. The van der Waals surface area contributed by atoms with Gasteiger partial charge in [0.15, 0.2) is 6.29 Å². The van der Waals surface area contributed by atoms with Gasteiger partial charge < -0.3 is 4.74 Å². The van der Waals surface area contributed by atoms with Gasteiger partial charge in [-0.2, -0.15) is 0 Å². The van der Waals surface area contributed by atoms with Crippen LogP contribution < -0.4 is 4.74 Å². The van der Waals surface area contributed by atoms with Crippen molar-refractivity contribution in [2.75, 3.05) is 0 Å². The van der Waals surface area contributed by atoms with E-state index in [2.05, 4.69) is 0 Å². The van der Waals surface area contributed by atoms with Crippen LogP contribution in [0.1, 0.15) is 41.8 Å². The first kappa shape index (κ1) is 9.71. The predicted octanol–water partition coefficient (Wildman–Crippen LogP) is 3.27. The lowest BCUT2D eigenvalue weighted by atomic mass is 9.98. The molecule has 0 bridgehead atoms. The number of hydrogen-bond donors (Lipinski definition) is 0. The van der Waals surface area contributed by atoms with E-state index in [9.17, 15) is 4.79 Å². The van der Waals surface area contributed by atoms with E-state index >= 15 is 0 Å². The number of aldehydes is 1. The van der Waals surface area contributed by atoms with E-state index in [1.54, 1.807) is 0 Å². The average molecular weight is 210 g/mol. The zero-order chi connectivity index (χ0) is 9.80. The summed E-state index contributed by atoms with van der Waals surface area (Å²) in [6.45, 7) is 0. The van der Waals surface area contributed by atoms with Crippen molar-refractivity contribution in [3.63, 3.8) is 0 Å². The maximum atomic E-state index is 10.5. The quantitative estimate of drug-likeness (QED) is 0.716. The Kier molecular flexibility index (Phi) is 3.19. The first-order valence-corrected chi connectivity index (χ1v) is 5.97. The molecule has 1 aromatic heterocycles. The van der Waals surface area contributed by atoms with Crippen molar-refractivity contribution in [2.24, 2.45) is 0 Å². The van der Waals surface area contributed by atoms with Crippen LogP contribution in [-0.2, 0) is 0 Å². The topological polar surface area (TPSA) is 26.3 Å². The van der Waals surface area contributed by atoms with Crippen molar-refractivity contribution >= 4 is 17.6 Å². The molecule has 1 fully saturated rings. The smallest absolute Gasteiger partial charge is 0.160 e. The van der Waals surface area contributed by atoms with E-state index in [1.165, 1.54) is 30.6 Å². The summed E-state index contributed by atoms with van der Waals surface area (Å²) in [5.74, 6) is 0.865. The highest BCUT2D eigenvalue weighted by molar-refractivity contribution is 7.11. The minimum atomic E-state index is 0.373. The summed E-state index contributed by atoms with van der Waals surface area (Å²) < 4.78 is 5.79. The van der Waals surface area contributed by atoms with Gasteiger partial charge >= 0.3 is 0 Å². The van der Waals surface area contributed by atoms with Gasteiger partial charge in [-0.05, 0) is 25.7 Å². The Balaban J connectivity index is 1.92. The Labute approximate surface area is 87.9 Å². The van der Waals surface area contributed by atoms with Crippen molar-refractivity contribution in [1.82, 2.24) is 0 Å². The highest BCUT2D eigenvalue weighted by atomic mass is 32.1. The standard InChI is InChI=1S/C11H14O2S/c12-7-11-6-10(8-14-11)13-9-4-2-1-3-5-9/h6-9H,1-5H2. The third-order valence-corrected chi connectivity index (χ3v) is 3.40. The highest BCUT2D eigenvalue weighted by Gasteiger charge is 2.15. The average Bonchev–Trinajstić information content (AvgIpc) is 2.67. The molecule has 0 spiro atoms. The Hall–Kier alpha value is -0.830. The van der Waals surface area contributed by atoms with E-state index in [1.807, 2.05) is 11.4 Å². The van der Waals surface area contributed by atoms with Crippen LogP contribution in [0.5, 0.6) is 5.75 Å². The van der Waals surface area contributed by atoms with Crippen LogP contribution in [0.4, 0.5) is 0 Å². The summed E-state index contributed by atoms with van der Waals surface area (Å²) in [5.41, 5.74) is 0. The molecule has 1 aliphatic carbocycles. The van der Waals surface area contributed by atoms with Crippen molar-refractivity contribution in [3.05, 3.63) is 16.3 Å². The lowest BCUT2D eigenvalue weighted by Gasteiger charge is -2.22. The maximum absolute atomic E-state index is 10.5. The van der Waals surface area contributed by atoms with Crippen LogP contribution in [0.15, 0.2) is 11.4 Å². The van der Waals surface area contributed by atoms with Gasteiger partial charge in [-0.25, -0.2) is 0 Å². The second kappa shape index (κ2) is 4.60. The Morgan fingerprint density at radius 2 is 2.14 bits per heavy atom. The van der Waals surface area contributed by atoms with Gasteiger partial charge in [-0.15, -0.1) is 11.3 Å². The second-order valence-electron chi connectivity index (χ2n) is 3.68. The van der Waals surface area contributed by atoms with Gasteiger partial charge in [0.25, 0.3) is 0 Å². The second-order valence-corrected chi connectivity index (χ2v) is 4.62. The largest absolute Gasteiger partial charge is 0.490 e. The minimum absolute atomic E-state index is 0.373. The van der Waals surface area contributed by atoms with Crippen LogP contribution >= 0.6 is 11.3 Å². The third-order valence-electron chi connectivity index (χ3n) is 2.57. The number of carbonyl (C=O) groups excluding carboxylic acids is 1. The zero-order valence-corrected chi connectivity index (χ0v) is 8.89. The number of carbonyl (C=O) groups is 1. The zero-order valence-electron chi connectivity index (χ0n) is 8.07. The maximum Gasteiger partial charge on any atom is 0.160 e. The van der Waals surface area contributed by atoms with E-state index in [4.69, 9.17) is 4.74 Å². The molecule has 1 saturated carbocycles. The third kappa shape index (κ3) is 2.35. The molecular weight excluding hydrogens is 196 g/mol. The van der Waals surface area contributed by atoms with E-state index < -0.39 is 0 Å². The van der Waals surface area contributed by atoms with Crippen molar-refractivity contribution in [2.45, 2.75) is 38.2 Å². The number of rotatable bonds is 3. The first-order valence-electron chi connectivity index (χ1n) is 5.09. The SMILES string of the molecule is O=Cc1cc(OC2CCCCC2)cs1. The fourth-order valence-electron chi connectivity index (χ4n) is 1.83. The van der Waals surface area contributed by atoms with E-state index in [-0.39, 0.29) is 0 Å². The molecule has 0 aromatic carbocycles. The minimum Gasteiger partial charge on any atom is -0.490 e. The first-order chi connectivity index (χ1) is 6.88. The van der Waals surface area contributed by atoms with Crippen LogP contribution in [0.3, 0.4) is 0 Å². The van der Waals surface area contributed by atoms with Crippen molar-refractivity contribution < 1.29 is 9.53 Å². The van der Waals surface area contributed by atoms with Crippen LogP contribution in [-0.4, -0.2) is 12.4 Å². The molecule has 0 saturated heterocycles. The van der Waals surface area contributed by atoms with Gasteiger partial charge in [0.05, 0.1) is 11.0 Å². The number of hydrogen-bond acceptors (Lipinski definition) is 3. The molecule has 2 rings (SSSR count). The van der Waals surface area contributed by atoms with Gasteiger partial charge in [0.2, 0.25) is 0 Å². The van der Waals surface area contributed by atoms with Gasteiger partial charge in [-0.1, -0.05) is 6.42 Å². The summed E-state index contributed by atoms with van der Waals surface area (Å²) in [6.07, 6.45) is 7.45. The fourth-order valence-corrected chi connectivity index (χ4v) is 2.45. The van der Waals surface area contributed by atoms with Crippen LogP contribution in [0.2, 0.25) is 0 Å². The van der Waals surface area contributed by atoms with Crippen molar-refractivity contribution in [3.8, 4) is 5.75 Å². The van der Waals surface area contributed by atoms with E-state index in [0.29, 0.717) is 6.10 Å². The summed E-state index contributed by atoms with van der Waals surface area (Å²) in [7, 11) is 0. The van der Waals surface area contributed by atoms with Crippen LogP contribution in [0.25, 0.3) is 0 Å². The number of thiophene rings is 1. The molecule has 0 aliphatic heterocycles. The molecule has 14 heavy (non-hydrogen) atoms. The van der Waals surface area contributed by atoms with E-state index in [0.717, 1.165) is 29.8 Å². The molecule has 76 valence electrons. The van der Waals surface area contributed by atoms with Gasteiger partial charge in [-0.3, -0.25) is 4.79 Å². The molecule has 1 aliphatic rings. The van der Waals surface area contributed by atoms with Gasteiger partial charge in [0.1, 0.15) is 5.75 Å². The molecule has 0 N–H and O–H groups in total. The molecule has 1 heterocycles. The van der Waals surface area contributed by atoms with Crippen molar-refractivity contribution in [1.29, 1.82) is 0 Å². The predicted molar refractivity (Wildman–Crippen MR) is 57.2 cm³/mol. The Morgan fingerprint density at radius 3 is 2.79 bits per heavy atom. The molecule has 0 atom stereocenters. The lowest BCUT2D eigenvalue weighted by molar-refractivity contribution is 0.112. The summed E-state index contributed by atoms with van der Waals surface area (Å²) >= 11 is 1.45. The molecule has 0 amide bonds. The fraction of sp³-hybridized carbons (Fsp3) is 0.545. The molecule has 1 aromatic rings.